The summed E-state index contributed by atoms with van der Waals surface area (Å²) in [6.45, 7) is 6.79. The number of benzene rings is 1. The quantitative estimate of drug-likeness (QED) is 0.269. The number of ether oxygens (including phenoxy) is 1. The molecule has 1 aliphatic heterocycles. The molecule has 1 aromatic heterocycles. The predicted octanol–water partition coefficient (Wildman–Crippen LogP) is 3.37. The molecule has 2 heterocycles. The van der Waals surface area contributed by atoms with Gasteiger partial charge in [-0.05, 0) is 50.3 Å². The molecule has 0 atom stereocenters. The van der Waals surface area contributed by atoms with Gasteiger partial charge < -0.3 is 10.1 Å². The normalized spacial score (nSPS) is 15.3. The van der Waals surface area contributed by atoms with Crippen molar-refractivity contribution in [3.05, 3.63) is 46.2 Å². The van der Waals surface area contributed by atoms with E-state index in [2.05, 4.69) is 25.8 Å². The number of nitrogens with one attached hydrogen (secondary N) is 2. The van der Waals surface area contributed by atoms with Crippen LogP contribution in [0.25, 0.3) is 5.69 Å². The largest absolute Gasteiger partial charge is 0.416 e. The molecule has 3 rings (SSSR count). The SMILES string of the molecule is Cc1nn(-c2cccc(C(F)(F)F)c2)c(Cl)c1/C=N/NC(=S)NCCCN1CCOCC1. The van der Waals surface area contributed by atoms with Gasteiger partial charge in [0.25, 0.3) is 0 Å². The lowest BCUT2D eigenvalue weighted by molar-refractivity contribution is -0.137. The van der Waals surface area contributed by atoms with Crippen LogP contribution < -0.4 is 10.7 Å². The first-order chi connectivity index (χ1) is 15.3. The average molecular weight is 489 g/mol. The lowest BCUT2D eigenvalue weighted by atomic mass is 10.2. The van der Waals surface area contributed by atoms with E-state index in [9.17, 15) is 13.2 Å². The van der Waals surface area contributed by atoms with Crippen molar-refractivity contribution in [2.75, 3.05) is 39.4 Å². The zero-order valence-corrected chi connectivity index (χ0v) is 19.0. The number of aryl methyl sites for hydroxylation is 1. The third-order valence-electron chi connectivity index (χ3n) is 4.87. The van der Waals surface area contributed by atoms with E-state index in [-0.39, 0.29) is 10.8 Å². The highest BCUT2D eigenvalue weighted by Crippen LogP contribution is 2.31. The molecule has 0 saturated carbocycles. The van der Waals surface area contributed by atoms with Crippen LogP contribution in [0.5, 0.6) is 0 Å². The van der Waals surface area contributed by atoms with Gasteiger partial charge in [0.05, 0.1) is 41.9 Å². The van der Waals surface area contributed by atoms with Crippen LogP contribution in [0.4, 0.5) is 13.2 Å². The van der Waals surface area contributed by atoms with Crippen LogP contribution in [-0.2, 0) is 10.9 Å². The molecule has 0 spiro atoms. The van der Waals surface area contributed by atoms with Crippen LogP contribution in [-0.4, -0.2) is 65.4 Å². The molecule has 1 fully saturated rings. The van der Waals surface area contributed by atoms with Crippen molar-refractivity contribution in [1.29, 1.82) is 0 Å². The van der Waals surface area contributed by atoms with Gasteiger partial charge in [0.1, 0.15) is 5.15 Å². The summed E-state index contributed by atoms with van der Waals surface area (Å²) in [5, 5.41) is 11.9. The lowest BCUT2D eigenvalue weighted by Gasteiger charge is -2.26. The molecule has 0 amide bonds. The lowest BCUT2D eigenvalue weighted by Crippen LogP contribution is -2.39. The molecule has 32 heavy (non-hydrogen) atoms. The van der Waals surface area contributed by atoms with E-state index < -0.39 is 11.7 Å². The first-order valence-electron chi connectivity index (χ1n) is 10.1. The molecule has 0 bridgehead atoms. The summed E-state index contributed by atoms with van der Waals surface area (Å²) in [5.41, 5.74) is 3.14. The number of thiocarbonyl (C=S) groups is 1. The summed E-state index contributed by atoms with van der Waals surface area (Å²) in [6.07, 6.45) is -2.08. The molecule has 0 aliphatic carbocycles. The van der Waals surface area contributed by atoms with Crippen LogP contribution in [0.15, 0.2) is 29.4 Å². The second kappa shape index (κ2) is 11.1. The predicted molar refractivity (Wildman–Crippen MR) is 122 cm³/mol. The average Bonchev–Trinajstić information content (AvgIpc) is 3.05. The van der Waals surface area contributed by atoms with Crippen molar-refractivity contribution < 1.29 is 17.9 Å². The van der Waals surface area contributed by atoms with Crippen LogP contribution in [0, 0.1) is 6.92 Å². The first kappa shape index (κ1) is 24.4. The number of alkyl halides is 3. The van der Waals surface area contributed by atoms with Gasteiger partial charge in [0.2, 0.25) is 0 Å². The van der Waals surface area contributed by atoms with Crippen LogP contribution >= 0.6 is 23.8 Å². The van der Waals surface area contributed by atoms with Gasteiger partial charge in [-0.3, -0.25) is 10.3 Å². The summed E-state index contributed by atoms with van der Waals surface area (Å²) < 4.78 is 45.6. The van der Waals surface area contributed by atoms with Gasteiger partial charge in [0.15, 0.2) is 5.11 Å². The number of rotatable bonds is 7. The molecule has 1 aliphatic rings. The molecule has 12 heteroatoms. The van der Waals surface area contributed by atoms with Gasteiger partial charge in [-0.25, -0.2) is 4.68 Å². The number of hydrazone groups is 1. The topological polar surface area (TPSA) is 66.7 Å². The van der Waals surface area contributed by atoms with Crippen molar-refractivity contribution in [2.24, 2.45) is 5.10 Å². The van der Waals surface area contributed by atoms with E-state index in [1.807, 2.05) is 0 Å². The highest BCUT2D eigenvalue weighted by molar-refractivity contribution is 7.80. The van der Waals surface area contributed by atoms with Gasteiger partial charge in [0, 0.05) is 19.6 Å². The molecule has 0 unspecified atom stereocenters. The fourth-order valence-corrected chi connectivity index (χ4v) is 3.64. The van der Waals surface area contributed by atoms with Crippen LogP contribution in [0.1, 0.15) is 23.2 Å². The van der Waals surface area contributed by atoms with Gasteiger partial charge in [-0.1, -0.05) is 17.7 Å². The van der Waals surface area contributed by atoms with E-state index in [1.165, 1.54) is 23.0 Å². The van der Waals surface area contributed by atoms with E-state index in [0.29, 0.717) is 22.9 Å². The molecule has 1 saturated heterocycles. The van der Waals surface area contributed by atoms with E-state index >= 15 is 0 Å². The minimum Gasteiger partial charge on any atom is -0.379 e. The monoisotopic (exact) mass is 488 g/mol. The third-order valence-corrected chi connectivity index (χ3v) is 5.47. The fourth-order valence-electron chi connectivity index (χ4n) is 3.17. The summed E-state index contributed by atoms with van der Waals surface area (Å²) >= 11 is 11.6. The molecular weight excluding hydrogens is 465 g/mol. The summed E-state index contributed by atoms with van der Waals surface area (Å²) in [7, 11) is 0. The summed E-state index contributed by atoms with van der Waals surface area (Å²) in [4.78, 5) is 2.34. The summed E-state index contributed by atoms with van der Waals surface area (Å²) in [6, 6.07) is 4.80. The maximum atomic E-state index is 13.0. The Labute approximate surface area is 194 Å². The molecule has 2 aromatic rings. The van der Waals surface area contributed by atoms with E-state index in [0.717, 1.165) is 51.4 Å². The number of hydrogen-bond acceptors (Lipinski definition) is 5. The number of morpholine rings is 1. The van der Waals surface area contributed by atoms with Crippen molar-refractivity contribution >= 4 is 35.1 Å². The van der Waals surface area contributed by atoms with Crippen LogP contribution in [0.3, 0.4) is 0 Å². The fraction of sp³-hybridized carbons (Fsp3) is 0.450. The third kappa shape index (κ3) is 6.64. The molecule has 174 valence electrons. The Balaban J connectivity index is 1.54. The first-order valence-corrected chi connectivity index (χ1v) is 10.8. The number of hydrogen-bond donors (Lipinski definition) is 2. The van der Waals surface area contributed by atoms with E-state index in [4.69, 9.17) is 28.6 Å². The van der Waals surface area contributed by atoms with Gasteiger partial charge in [-0.15, -0.1) is 0 Å². The van der Waals surface area contributed by atoms with Gasteiger partial charge >= 0.3 is 6.18 Å². The van der Waals surface area contributed by atoms with Gasteiger partial charge in [-0.2, -0.15) is 23.4 Å². The highest BCUT2D eigenvalue weighted by atomic mass is 35.5. The zero-order valence-electron chi connectivity index (χ0n) is 17.5. The van der Waals surface area contributed by atoms with Crippen molar-refractivity contribution in [3.8, 4) is 5.69 Å². The minimum atomic E-state index is -4.45. The maximum absolute atomic E-state index is 13.0. The Kier molecular flexibility index (Phi) is 8.46. The second-order valence-corrected chi connectivity index (χ2v) is 7.95. The number of nitrogens with zero attached hydrogens (tertiary/aromatic N) is 4. The zero-order chi connectivity index (χ0) is 23.1. The number of halogens is 4. The molecule has 0 radical (unpaired) electrons. The Morgan fingerprint density at radius 3 is 2.81 bits per heavy atom. The second-order valence-electron chi connectivity index (χ2n) is 7.18. The maximum Gasteiger partial charge on any atom is 0.416 e. The molecule has 1 aromatic carbocycles. The standard InChI is InChI=1S/C20H24ClF3N6OS/c1-14-17(13-26-27-19(32)25-6-3-7-29-8-10-31-11-9-29)18(21)30(28-14)16-5-2-4-15(12-16)20(22,23)24/h2,4-5,12-13H,3,6-11H2,1H3,(H2,25,27,32)/b26-13+. The Bertz CT molecular complexity index is 959. The Hall–Kier alpha value is -2.21. The van der Waals surface area contributed by atoms with Crippen molar-refractivity contribution in [1.82, 2.24) is 25.4 Å². The Morgan fingerprint density at radius 1 is 1.34 bits per heavy atom. The minimum absolute atomic E-state index is 0.150. The van der Waals surface area contributed by atoms with Crippen molar-refractivity contribution in [3.63, 3.8) is 0 Å². The number of aromatic nitrogens is 2. The molecule has 7 nitrogen and oxygen atoms in total. The van der Waals surface area contributed by atoms with Crippen molar-refractivity contribution in [2.45, 2.75) is 19.5 Å². The molecular formula is C20H24ClF3N6OS. The molecule has 2 N–H and O–H groups in total. The Morgan fingerprint density at radius 2 is 2.09 bits per heavy atom. The van der Waals surface area contributed by atoms with E-state index in [1.54, 1.807) is 6.92 Å². The highest BCUT2D eigenvalue weighted by Gasteiger charge is 2.30. The summed E-state index contributed by atoms with van der Waals surface area (Å²) in [5.74, 6) is 0. The van der Waals surface area contributed by atoms with Crippen LogP contribution in [0.2, 0.25) is 5.15 Å². The smallest absolute Gasteiger partial charge is 0.379 e.